The van der Waals surface area contributed by atoms with E-state index in [0.717, 1.165) is 16.6 Å². The number of H-pyrrole nitrogens is 1. The summed E-state index contributed by atoms with van der Waals surface area (Å²) in [5.74, 6) is -0.392. The Morgan fingerprint density at radius 2 is 2.08 bits per heavy atom. The van der Waals surface area contributed by atoms with Crippen LogP contribution in [0.25, 0.3) is 10.9 Å². The molecule has 128 valence electrons. The highest BCUT2D eigenvalue weighted by atomic mass is 16.7. The van der Waals surface area contributed by atoms with Crippen molar-refractivity contribution in [2.45, 2.75) is 6.42 Å². The van der Waals surface area contributed by atoms with Gasteiger partial charge in [-0.25, -0.2) is 14.9 Å². The van der Waals surface area contributed by atoms with Crippen LogP contribution >= 0.6 is 0 Å². The number of amides is 2. The molecule has 2 rings (SSSR count). The van der Waals surface area contributed by atoms with Crippen molar-refractivity contribution in [1.29, 1.82) is 5.41 Å². The maximum absolute atomic E-state index is 11.4. The van der Waals surface area contributed by atoms with Crippen LogP contribution in [0, 0.1) is 15.5 Å². The largest absolute Gasteiger partial charge is 0.385 e. The molecule has 24 heavy (non-hydrogen) atoms. The SMILES string of the molecule is N=C(CNC(=O)NCCCNc1ccc2[nH]ccc2c1)N[N+](=O)[O-]. The summed E-state index contributed by atoms with van der Waals surface area (Å²) >= 11 is 0. The van der Waals surface area contributed by atoms with Crippen molar-refractivity contribution in [3.8, 4) is 0 Å². The van der Waals surface area contributed by atoms with Crippen LogP contribution in [0.15, 0.2) is 30.5 Å². The number of nitro groups is 1. The van der Waals surface area contributed by atoms with E-state index in [4.69, 9.17) is 5.41 Å². The summed E-state index contributed by atoms with van der Waals surface area (Å²) in [7, 11) is 0. The van der Waals surface area contributed by atoms with Crippen molar-refractivity contribution in [2.24, 2.45) is 0 Å². The normalized spacial score (nSPS) is 10.2. The zero-order chi connectivity index (χ0) is 17.4. The van der Waals surface area contributed by atoms with Crippen molar-refractivity contribution in [1.82, 2.24) is 21.0 Å². The number of nitrogens with one attached hydrogen (secondary N) is 6. The lowest BCUT2D eigenvalue weighted by Crippen LogP contribution is -2.43. The van der Waals surface area contributed by atoms with E-state index in [2.05, 4.69) is 20.9 Å². The fraction of sp³-hybridized carbons (Fsp3) is 0.286. The summed E-state index contributed by atoms with van der Waals surface area (Å²) in [5.41, 5.74) is 3.74. The molecule has 1 heterocycles. The Morgan fingerprint density at radius 1 is 1.25 bits per heavy atom. The van der Waals surface area contributed by atoms with Gasteiger partial charge in [-0.15, -0.1) is 0 Å². The van der Waals surface area contributed by atoms with Gasteiger partial charge in [0, 0.05) is 35.9 Å². The van der Waals surface area contributed by atoms with Crippen molar-refractivity contribution in [2.75, 3.05) is 25.0 Å². The van der Waals surface area contributed by atoms with Crippen molar-refractivity contribution in [3.63, 3.8) is 0 Å². The first-order chi connectivity index (χ1) is 11.5. The van der Waals surface area contributed by atoms with Gasteiger partial charge in [-0.05, 0) is 30.7 Å². The summed E-state index contributed by atoms with van der Waals surface area (Å²) in [6.07, 6.45) is 2.60. The van der Waals surface area contributed by atoms with Gasteiger partial charge in [0.25, 0.3) is 0 Å². The number of amidine groups is 1. The first-order valence-electron chi connectivity index (χ1n) is 7.36. The topological polar surface area (TPSA) is 148 Å². The third-order valence-corrected chi connectivity index (χ3v) is 3.17. The second-order valence-corrected chi connectivity index (χ2v) is 5.02. The van der Waals surface area contributed by atoms with E-state index in [9.17, 15) is 14.9 Å². The number of anilines is 1. The lowest BCUT2D eigenvalue weighted by atomic mass is 10.2. The molecule has 2 amide bonds. The number of urea groups is 1. The lowest BCUT2D eigenvalue weighted by Gasteiger charge is -2.09. The number of rotatable bonds is 8. The first-order valence-corrected chi connectivity index (χ1v) is 7.36. The Hall–Kier alpha value is -3.30. The van der Waals surface area contributed by atoms with Gasteiger partial charge >= 0.3 is 6.03 Å². The number of carbonyl (C=O) groups excluding carboxylic acids is 1. The van der Waals surface area contributed by atoms with Gasteiger partial charge in [0.15, 0.2) is 10.9 Å². The number of hydrogen-bond donors (Lipinski definition) is 6. The van der Waals surface area contributed by atoms with Crippen LogP contribution in [0.5, 0.6) is 0 Å². The molecule has 0 unspecified atom stereocenters. The van der Waals surface area contributed by atoms with Gasteiger partial charge in [0.05, 0.1) is 6.54 Å². The number of aromatic amines is 1. The fourth-order valence-electron chi connectivity index (χ4n) is 2.07. The summed E-state index contributed by atoms with van der Waals surface area (Å²) in [6.45, 7) is 0.901. The van der Waals surface area contributed by atoms with E-state index in [1.54, 1.807) is 5.43 Å². The number of benzene rings is 1. The number of fused-ring (bicyclic) bond motifs is 1. The van der Waals surface area contributed by atoms with Crippen molar-refractivity contribution in [3.05, 3.63) is 40.6 Å². The Labute approximate surface area is 137 Å². The van der Waals surface area contributed by atoms with Crippen molar-refractivity contribution >= 4 is 28.5 Å². The molecule has 0 aliphatic heterocycles. The van der Waals surface area contributed by atoms with Gasteiger partial charge < -0.3 is 20.9 Å². The Morgan fingerprint density at radius 3 is 2.88 bits per heavy atom. The van der Waals surface area contributed by atoms with E-state index in [-0.39, 0.29) is 6.54 Å². The number of carbonyl (C=O) groups is 1. The number of hydrogen-bond acceptors (Lipinski definition) is 5. The summed E-state index contributed by atoms with van der Waals surface area (Å²) in [6, 6.07) is 7.54. The van der Waals surface area contributed by atoms with Crippen molar-refractivity contribution < 1.29 is 9.83 Å². The second kappa shape index (κ2) is 8.36. The molecule has 6 N–H and O–H groups in total. The molecule has 0 aliphatic carbocycles. The molecule has 2 aromatic rings. The molecule has 0 spiro atoms. The highest BCUT2D eigenvalue weighted by Crippen LogP contribution is 2.17. The molecule has 0 saturated heterocycles. The predicted octanol–water partition coefficient (Wildman–Crippen LogP) is 1.03. The molecule has 0 radical (unpaired) electrons. The van der Waals surface area contributed by atoms with Gasteiger partial charge in [0.2, 0.25) is 0 Å². The molecule has 0 bridgehead atoms. The molecule has 0 fully saturated rings. The molecular formula is C14H19N7O3. The maximum Gasteiger partial charge on any atom is 0.315 e. The minimum Gasteiger partial charge on any atom is -0.385 e. The van der Waals surface area contributed by atoms with E-state index < -0.39 is 16.9 Å². The Bertz CT molecular complexity index is 728. The molecule has 1 aromatic heterocycles. The van der Waals surface area contributed by atoms with E-state index in [0.29, 0.717) is 19.5 Å². The molecule has 0 aliphatic rings. The molecule has 10 nitrogen and oxygen atoms in total. The third kappa shape index (κ3) is 5.48. The van der Waals surface area contributed by atoms with Gasteiger partial charge in [-0.1, -0.05) is 5.43 Å². The molecule has 1 aromatic carbocycles. The van der Waals surface area contributed by atoms with Crippen LogP contribution in [0.1, 0.15) is 6.42 Å². The quantitative estimate of drug-likeness (QED) is 0.140. The number of nitrogens with zero attached hydrogens (tertiary/aromatic N) is 1. The Kier molecular flexibility index (Phi) is 5.95. The second-order valence-electron chi connectivity index (χ2n) is 5.02. The standard InChI is InChI=1S/C14H19N7O3/c15-13(20-21(23)24)9-19-14(22)18-6-1-5-16-11-2-3-12-10(8-11)4-7-17-12/h2-4,7-8,16-17H,1,5-6,9H2,(H2,15,20)(H2,18,19,22). The van der Waals surface area contributed by atoms with E-state index >= 15 is 0 Å². The van der Waals surface area contributed by atoms with Crippen LogP contribution < -0.4 is 21.4 Å². The van der Waals surface area contributed by atoms with E-state index in [1.165, 1.54) is 0 Å². The summed E-state index contributed by atoms with van der Waals surface area (Å²) in [5, 5.41) is 25.8. The van der Waals surface area contributed by atoms with Gasteiger partial charge in [0.1, 0.15) is 0 Å². The minimum atomic E-state index is -0.849. The maximum atomic E-state index is 11.4. The monoisotopic (exact) mass is 333 g/mol. The third-order valence-electron chi connectivity index (χ3n) is 3.17. The lowest BCUT2D eigenvalue weighted by molar-refractivity contribution is -0.525. The number of aromatic nitrogens is 1. The zero-order valence-electron chi connectivity index (χ0n) is 12.9. The molecule has 0 saturated carbocycles. The zero-order valence-corrected chi connectivity index (χ0v) is 12.9. The minimum absolute atomic E-state index is 0.234. The molecule has 0 atom stereocenters. The Balaban J connectivity index is 1.58. The summed E-state index contributed by atoms with van der Waals surface area (Å²) < 4.78 is 0. The molecule has 10 heteroatoms. The fourth-order valence-corrected chi connectivity index (χ4v) is 2.07. The van der Waals surface area contributed by atoms with Crippen LogP contribution in [0.4, 0.5) is 10.5 Å². The van der Waals surface area contributed by atoms with Crippen LogP contribution in [0.3, 0.4) is 0 Å². The number of hydrazine groups is 1. The average molecular weight is 333 g/mol. The van der Waals surface area contributed by atoms with Crippen LogP contribution in [0.2, 0.25) is 0 Å². The molecular weight excluding hydrogens is 314 g/mol. The highest BCUT2D eigenvalue weighted by molar-refractivity contribution is 5.85. The average Bonchev–Trinajstić information content (AvgIpc) is 2.99. The first kappa shape index (κ1) is 17.1. The smallest absolute Gasteiger partial charge is 0.315 e. The van der Waals surface area contributed by atoms with Gasteiger partial charge in [-0.2, -0.15) is 0 Å². The van der Waals surface area contributed by atoms with E-state index in [1.807, 2.05) is 30.5 Å². The van der Waals surface area contributed by atoms with Crippen LogP contribution in [-0.2, 0) is 0 Å². The van der Waals surface area contributed by atoms with Gasteiger partial charge in [-0.3, -0.25) is 5.41 Å². The summed E-state index contributed by atoms with van der Waals surface area (Å²) in [4.78, 5) is 24.7. The predicted molar refractivity (Wildman–Crippen MR) is 90.7 cm³/mol. The highest BCUT2D eigenvalue weighted by Gasteiger charge is 2.05. The van der Waals surface area contributed by atoms with Crippen LogP contribution in [-0.4, -0.2) is 41.5 Å².